The number of carbonyl (C=O) groups excluding carboxylic acids is 2. The fraction of sp³-hybridized carbons (Fsp3) is 0.0417. The molecule has 0 aliphatic heterocycles. The van der Waals surface area contributed by atoms with Crippen molar-refractivity contribution in [2.75, 3.05) is 10.6 Å². The number of benzene rings is 3. The Kier molecular flexibility index (Phi) is 6.39. The Hall–Kier alpha value is -4.19. The summed E-state index contributed by atoms with van der Waals surface area (Å²) in [7, 11) is 0. The van der Waals surface area contributed by atoms with E-state index in [1.807, 2.05) is 30.3 Å². The molecule has 150 valence electrons. The summed E-state index contributed by atoms with van der Waals surface area (Å²) in [5.74, 6) is -1.89. The van der Waals surface area contributed by atoms with Gasteiger partial charge in [-0.1, -0.05) is 48.5 Å². The minimum absolute atomic E-state index is 0.00280. The van der Waals surface area contributed by atoms with Crippen molar-refractivity contribution in [1.82, 2.24) is 0 Å². The van der Waals surface area contributed by atoms with E-state index < -0.39 is 11.9 Å². The zero-order valence-electron chi connectivity index (χ0n) is 16.3. The van der Waals surface area contributed by atoms with E-state index in [-0.39, 0.29) is 22.7 Å². The van der Waals surface area contributed by atoms with Gasteiger partial charge in [0.1, 0.15) is 0 Å². The van der Waals surface area contributed by atoms with Crippen molar-refractivity contribution in [2.24, 2.45) is 0 Å². The lowest BCUT2D eigenvalue weighted by molar-refractivity contribution is -0.112. The van der Waals surface area contributed by atoms with Gasteiger partial charge in [-0.15, -0.1) is 0 Å². The molecule has 0 aliphatic carbocycles. The Morgan fingerprint density at radius 1 is 0.833 bits per heavy atom. The van der Waals surface area contributed by atoms with Crippen LogP contribution in [0.15, 0.2) is 84.4 Å². The molecule has 0 heterocycles. The van der Waals surface area contributed by atoms with Crippen LogP contribution in [0.25, 0.3) is 6.08 Å². The Morgan fingerprint density at radius 3 is 2.27 bits per heavy atom. The quantitative estimate of drug-likeness (QED) is 0.524. The summed E-state index contributed by atoms with van der Waals surface area (Å²) in [4.78, 5) is 36.3. The lowest BCUT2D eigenvalue weighted by atomic mass is 10.1. The Bertz CT molecular complexity index is 1120. The van der Waals surface area contributed by atoms with Crippen LogP contribution in [0.4, 0.5) is 11.4 Å². The Morgan fingerprint density at radius 2 is 1.53 bits per heavy atom. The van der Waals surface area contributed by atoms with Crippen LogP contribution >= 0.6 is 0 Å². The summed E-state index contributed by atoms with van der Waals surface area (Å²) < 4.78 is 0. The molecular weight excluding hydrogens is 380 g/mol. The SMILES string of the molecule is C/C(=C\c1ccccc1)C(=O)Nc1cccc(C(=O)Nc2ccccc2C(=O)O)c1. The van der Waals surface area contributed by atoms with Crippen LogP contribution in [-0.4, -0.2) is 22.9 Å². The minimum atomic E-state index is -1.13. The molecule has 0 bridgehead atoms. The van der Waals surface area contributed by atoms with E-state index in [0.29, 0.717) is 11.3 Å². The Balaban J connectivity index is 1.73. The average molecular weight is 400 g/mol. The second kappa shape index (κ2) is 9.34. The molecule has 3 rings (SSSR count). The van der Waals surface area contributed by atoms with Crippen LogP contribution < -0.4 is 10.6 Å². The van der Waals surface area contributed by atoms with Crippen LogP contribution in [0.3, 0.4) is 0 Å². The third-order valence-electron chi connectivity index (χ3n) is 4.33. The molecule has 6 nitrogen and oxygen atoms in total. The predicted molar refractivity (Wildman–Crippen MR) is 117 cm³/mol. The van der Waals surface area contributed by atoms with Gasteiger partial charge in [0.05, 0.1) is 11.3 Å². The summed E-state index contributed by atoms with van der Waals surface area (Å²) in [5.41, 5.74) is 2.38. The van der Waals surface area contributed by atoms with Gasteiger partial charge in [-0.3, -0.25) is 9.59 Å². The van der Waals surface area contributed by atoms with Gasteiger partial charge in [-0.25, -0.2) is 4.79 Å². The van der Waals surface area contributed by atoms with E-state index in [0.717, 1.165) is 5.56 Å². The molecular formula is C24H20N2O4. The number of amides is 2. The summed E-state index contributed by atoms with van der Waals surface area (Å²) in [6, 6.07) is 22.1. The molecule has 3 aromatic rings. The smallest absolute Gasteiger partial charge is 0.337 e. The normalized spacial score (nSPS) is 10.9. The monoisotopic (exact) mass is 400 g/mol. The Labute approximate surface area is 173 Å². The second-order valence-corrected chi connectivity index (χ2v) is 6.58. The lowest BCUT2D eigenvalue weighted by Crippen LogP contribution is -2.16. The third kappa shape index (κ3) is 5.20. The molecule has 0 aliphatic rings. The molecule has 0 aromatic heterocycles. The molecule has 0 fully saturated rings. The van der Waals surface area contributed by atoms with Crippen LogP contribution in [-0.2, 0) is 4.79 Å². The zero-order valence-corrected chi connectivity index (χ0v) is 16.3. The van der Waals surface area contributed by atoms with Gasteiger partial charge in [0.15, 0.2) is 0 Å². The number of hydrogen-bond acceptors (Lipinski definition) is 3. The number of hydrogen-bond donors (Lipinski definition) is 3. The largest absolute Gasteiger partial charge is 0.478 e. The number of para-hydroxylation sites is 1. The van der Waals surface area contributed by atoms with Gasteiger partial charge in [0.2, 0.25) is 0 Å². The van der Waals surface area contributed by atoms with Gasteiger partial charge in [-0.2, -0.15) is 0 Å². The first-order valence-electron chi connectivity index (χ1n) is 9.22. The second-order valence-electron chi connectivity index (χ2n) is 6.58. The van der Waals surface area contributed by atoms with Gasteiger partial charge < -0.3 is 15.7 Å². The molecule has 0 saturated heterocycles. The number of aromatic carboxylic acids is 1. The number of anilines is 2. The van der Waals surface area contributed by atoms with Crippen LogP contribution in [0, 0.1) is 0 Å². The summed E-state index contributed by atoms with van der Waals surface area (Å²) in [6.45, 7) is 1.71. The summed E-state index contributed by atoms with van der Waals surface area (Å²) in [6.07, 6.45) is 1.77. The maximum Gasteiger partial charge on any atom is 0.337 e. The fourth-order valence-electron chi connectivity index (χ4n) is 2.81. The third-order valence-corrected chi connectivity index (χ3v) is 4.33. The van der Waals surface area contributed by atoms with E-state index in [2.05, 4.69) is 10.6 Å². The van der Waals surface area contributed by atoms with Crippen molar-refractivity contribution in [3.63, 3.8) is 0 Å². The van der Waals surface area contributed by atoms with Crippen LogP contribution in [0.2, 0.25) is 0 Å². The molecule has 3 N–H and O–H groups in total. The molecule has 30 heavy (non-hydrogen) atoms. The maximum atomic E-state index is 12.6. The molecule has 0 spiro atoms. The number of carbonyl (C=O) groups is 3. The predicted octanol–water partition coefficient (Wildman–Crippen LogP) is 4.68. The van der Waals surface area contributed by atoms with E-state index in [1.165, 1.54) is 18.2 Å². The van der Waals surface area contributed by atoms with Crippen LogP contribution in [0.1, 0.15) is 33.2 Å². The molecule has 6 heteroatoms. The first-order valence-corrected chi connectivity index (χ1v) is 9.22. The fourth-order valence-corrected chi connectivity index (χ4v) is 2.81. The maximum absolute atomic E-state index is 12.6. The van der Waals surface area contributed by atoms with E-state index in [4.69, 9.17) is 0 Å². The molecule has 0 radical (unpaired) electrons. The van der Waals surface area contributed by atoms with E-state index in [1.54, 1.807) is 43.3 Å². The van der Waals surface area contributed by atoms with Gasteiger partial charge in [-0.05, 0) is 48.9 Å². The highest BCUT2D eigenvalue weighted by Gasteiger charge is 2.14. The molecule has 3 aromatic carbocycles. The average Bonchev–Trinajstić information content (AvgIpc) is 2.75. The number of nitrogens with one attached hydrogen (secondary N) is 2. The molecule has 2 amide bonds. The zero-order chi connectivity index (χ0) is 21.5. The van der Waals surface area contributed by atoms with Gasteiger partial charge >= 0.3 is 5.97 Å². The van der Waals surface area contributed by atoms with Crippen molar-refractivity contribution in [3.05, 3.63) is 101 Å². The summed E-state index contributed by atoms with van der Waals surface area (Å²) in [5, 5.41) is 14.6. The van der Waals surface area contributed by atoms with Crippen molar-refractivity contribution in [1.29, 1.82) is 0 Å². The topological polar surface area (TPSA) is 95.5 Å². The molecule has 0 atom stereocenters. The number of carboxylic acid groups (broad SMARTS) is 1. The van der Waals surface area contributed by atoms with Crippen molar-refractivity contribution in [2.45, 2.75) is 6.92 Å². The van der Waals surface area contributed by atoms with Gasteiger partial charge in [0.25, 0.3) is 11.8 Å². The molecule has 0 saturated carbocycles. The van der Waals surface area contributed by atoms with Crippen molar-refractivity contribution in [3.8, 4) is 0 Å². The first kappa shape index (κ1) is 20.5. The standard InChI is InChI=1S/C24H20N2O4/c1-16(14-17-8-3-2-4-9-17)22(27)25-19-11-7-10-18(15-19)23(28)26-21-13-6-5-12-20(21)24(29)30/h2-15H,1H3,(H,25,27)(H,26,28)(H,29,30)/b16-14+. The molecule has 0 unspecified atom stereocenters. The van der Waals surface area contributed by atoms with Crippen molar-refractivity contribution < 1.29 is 19.5 Å². The highest BCUT2D eigenvalue weighted by molar-refractivity contribution is 6.09. The number of carboxylic acids is 1. The highest BCUT2D eigenvalue weighted by atomic mass is 16.4. The number of rotatable bonds is 6. The van der Waals surface area contributed by atoms with Crippen molar-refractivity contribution >= 4 is 35.2 Å². The summed E-state index contributed by atoms with van der Waals surface area (Å²) >= 11 is 0. The highest BCUT2D eigenvalue weighted by Crippen LogP contribution is 2.18. The minimum Gasteiger partial charge on any atom is -0.478 e. The lowest BCUT2D eigenvalue weighted by Gasteiger charge is -2.10. The van der Waals surface area contributed by atoms with E-state index in [9.17, 15) is 19.5 Å². The van der Waals surface area contributed by atoms with Gasteiger partial charge in [0, 0.05) is 16.8 Å². The first-order chi connectivity index (χ1) is 14.4. The van der Waals surface area contributed by atoms with E-state index >= 15 is 0 Å². The van der Waals surface area contributed by atoms with Crippen LogP contribution in [0.5, 0.6) is 0 Å².